The Kier molecular flexibility index (Phi) is 3.85. The molecule has 104 valence electrons. The first-order valence-corrected chi connectivity index (χ1v) is 7.58. The van der Waals surface area contributed by atoms with Gasteiger partial charge in [-0.2, -0.15) is 0 Å². The van der Waals surface area contributed by atoms with Crippen LogP contribution in [-0.4, -0.2) is 23.2 Å². The zero-order valence-corrected chi connectivity index (χ0v) is 11.5. The number of aliphatic hydroxyl groups excluding tert-OH is 1. The van der Waals surface area contributed by atoms with E-state index in [1.54, 1.807) is 12.4 Å². The molecule has 1 unspecified atom stereocenters. The molecule has 1 aliphatic heterocycles. The van der Waals surface area contributed by atoms with Crippen LogP contribution in [0, 0.1) is 11.3 Å². The van der Waals surface area contributed by atoms with Crippen molar-refractivity contribution < 1.29 is 5.11 Å². The van der Waals surface area contributed by atoms with E-state index in [-0.39, 0.29) is 6.10 Å². The maximum Gasteiger partial charge on any atom is 0.0819 e. The number of pyridine rings is 1. The van der Waals surface area contributed by atoms with Gasteiger partial charge in [0.1, 0.15) is 0 Å². The summed E-state index contributed by atoms with van der Waals surface area (Å²) in [5.41, 5.74) is 1.61. The number of hydrogen-bond donors (Lipinski definition) is 2. The molecule has 19 heavy (non-hydrogen) atoms. The molecule has 1 spiro atoms. The largest absolute Gasteiger partial charge is 0.388 e. The normalized spacial score (nSPS) is 25.3. The highest BCUT2D eigenvalue weighted by Gasteiger charge is 2.38. The summed E-state index contributed by atoms with van der Waals surface area (Å²) in [4.78, 5) is 4.02. The molecule has 1 saturated carbocycles. The van der Waals surface area contributed by atoms with Gasteiger partial charge in [-0.05, 0) is 80.6 Å². The predicted molar refractivity (Wildman–Crippen MR) is 75.7 cm³/mol. The average Bonchev–Trinajstić information content (AvgIpc) is 2.49. The molecule has 3 heteroatoms. The maximum absolute atomic E-state index is 10.5. The predicted octanol–water partition coefficient (Wildman–Crippen LogP) is 2.68. The van der Waals surface area contributed by atoms with E-state index in [4.69, 9.17) is 0 Å². The zero-order valence-electron chi connectivity index (χ0n) is 11.5. The minimum absolute atomic E-state index is 0.304. The molecule has 3 rings (SSSR count). The lowest BCUT2D eigenvalue weighted by Gasteiger charge is -2.44. The summed E-state index contributed by atoms with van der Waals surface area (Å²) in [6.45, 7) is 2.36. The van der Waals surface area contributed by atoms with Crippen molar-refractivity contribution in [3.05, 3.63) is 30.1 Å². The Morgan fingerprint density at radius 1 is 1.11 bits per heavy atom. The van der Waals surface area contributed by atoms with Gasteiger partial charge in [-0.1, -0.05) is 0 Å². The highest BCUT2D eigenvalue weighted by Crippen LogP contribution is 2.47. The Hall–Kier alpha value is -0.930. The molecular formula is C16H24N2O. The molecule has 2 fully saturated rings. The molecule has 2 N–H and O–H groups in total. The zero-order chi connectivity index (χ0) is 13.1. The third-order valence-corrected chi connectivity index (χ3v) is 5.25. The van der Waals surface area contributed by atoms with Crippen molar-refractivity contribution in [3.8, 4) is 0 Å². The van der Waals surface area contributed by atoms with Crippen LogP contribution in [0.5, 0.6) is 0 Å². The van der Waals surface area contributed by atoms with Crippen molar-refractivity contribution >= 4 is 0 Å². The molecule has 1 aromatic rings. The smallest absolute Gasteiger partial charge is 0.0819 e. The number of hydrogen-bond acceptors (Lipinski definition) is 3. The molecule has 1 aliphatic carbocycles. The van der Waals surface area contributed by atoms with E-state index in [1.165, 1.54) is 51.6 Å². The summed E-state index contributed by atoms with van der Waals surface area (Å²) >= 11 is 0. The van der Waals surface area contributed by atoms with Crippen LogP contribution in [0.3, 0.4) is 0 Å². The first-order chi connectivity index (χ1) is 9.29. The minimum Gasteiger partial charge on any atom is -0.388 e. The highest BCUT2D eigenvalue weighted by molar-refractivity contribution is 5.14. The van der Waals surface area contributed by atoms with Crippen molar-refractivity contribution in [2.45, 2.75) is 44.6 Å². The summed E-state index contributed by atoms with van der Waals surface area (Å²) < 4.78 is 0. The van der Waals surface area contributed by atoms with Crippen LogP contribution in [0.2, 0.25) is 0 Å². The summed E-state index contributed by atoms with van der Waals surface area (Å²) in [5.74, 6) is 0.433. The summed E-state index contributed by atoms with van der Waals surface area (Å²) in [6, 6.07) is 3.89. The van der Waals surface area contributed by atoms with Gasteiger partial charge in [0.05, 0.1) is 6.10 Å². The van der Waals surface area contributed by atoms with Gasteiger partial charge in [0, 0.05) is 12.4 Å². The van der Waals surface area contributed by atoms with Crippen molar-refractivity contribution in [2.24, 2.45) is 11.3 Å². The summed E-state index contributed by atoms with van der Waals surface area (Å²) in [7, 11) is 0. The Morgan fingerprint density at radius 2 is 1.74 bits per heavy atom. The van der Waals surface area contributed by atoms with Gasteiger partial charge < -0.3 is 10.4 Å². The first kappa shape index (κ1) is 13.1. The van der Waals surface area contributed by atoms with E-state index in [9.17, 15) is 5.11 Å². The third kappa shape index (κ3) is 2.82. The number of piperidine rings is 1. The molecule has 1 atom stereocenters. The fourth-order valence-corrected chi connectivity index (χ4v) is 3.86. The minimum atomic E-state index is -0.304. The van der Waals surface area contributed by atoms with E-state index in [0.717, 1.165) is 5.56 Å². The van der Waals surface area contributed by atoms with Crippen molar-refractivity contribution in [1.29, 1.82) is 0 Å². The van der Waals surface area contributed by atoms with Gasteiger partial charge in [0.15, 0.2) is 0 Å². The Labute approximate surface area is 115 Å². The van der Waals surface area contributed by atoms with Crippen LogP contribution in [0.25, 0.3) is 0 Å². The second-order valence-corrected chi connectivity index (χ2v) is 6.31. The lowest BCUT2D eigenvalue weighted by atomic mass is 9.64. The van der Waals surface area contributed by atoms with Crippen LogP contribution in [-0.2, 0) is 0 Å². The van der Waals surface area contributed by atoms with E-state index in [1.807, 2.05) is 12.1 Å². The molecule has 1 saturated heterocycles. The molecule has 2 aliphatic rings. The van der Waals surface area contributed by atoms with Crippen LogP contribution >= 0.6 is 0 Å². The van der Waals surface area contributed by atoms with Crippen molar-refractivity contribution in [1.82, 2.24) is 10.3 Å². The number of aromatic nitrogens is 1. The molecule has 0 amide bonds. The average molecular weight is 260 g/mol. The van der Waals surface area contributed by atoms with Gasteiger partial charge in [0.2, 0.25) is 0 Å². The first-order valence-electron chi connectivity index (χ1n) is 7.58. The van der Waals surface area contributed by atoms with Gasteiger partial charge in [-0.3, -0.25) is 4.98 Å². The Morgan fingerprint density at radius 3 is 2.37 bits per heavy atom. The number of nitrogens with zero attached hydrogens (tertiary/aromatic N) is 1. The van der Waals surface area contributed by atoms with Crippen molar-refractivity contribution in [3.63, 3.8) is 0 Å². The number of nitrogens with one attached hydrogen (secondary N) is 1. The van der Waals surface area contributed by atoms with Crippen LogP contribution in [0.4, 0.5) is 0 Å². The Balaban J connectivity index is 1.60. The third-order valence-electron chi connectivity index (χ3n) is 5.25. The number of rotatable bonds is 2. The van der Waals surface area contributed by atoms with Gasteiger partial charge in [-0.15, -0.1) is 0 Å². The summed E-state index contributed by atoms with van der Waals surface area (Å²) in [5, 5.41) is 14.0. The fourth-order valence-electron chi connectivity index (χ4n) is 3.86. The van der Waals surface area contributed by atoms with E-state index >= 15 is 0 Å². The van der Waals surface area contributed by atoms with Crippen LogP contribution < -0.4 is 5.32 Å². The molecular weight excluding hydrogens is 236 g/mol. The lowest BCUT2D eigenvalue weighted by Crippen LogP contribution is -2.39. The second-order valence-electron chi connectivity index (χ2n) is 6.31. The lowest BCUT2D eigenvalue weighted by molar-refractivity contribution is 0.0324. The van der Waals surface area contributed by atoms with E-state index in [2.05, 4.69) is 10.3 Å². The number of aliphatic hydroxyl groups is 1. The molecule has 0 aromatic carbocycles. The molecule has 0 bridgehead atoms. The molecule has 0 radical (unpaired) electrons. The molecule has 3 nitrogen and oxygen atoms in total. The van der Waals surface area contributed by atoms with Crippen molar-refractivity contribution in [2.75, 3.05) is 13.1 Å². The maximum atomic E-state index is 10.5. The molecule has 2 heterocycles. The Bertz CT molecular complexity index is 390. The van der Waals surface area contributed by atoms with Gasteiger partial charge >= 0.3 is 0 Å². The monoisotopic (exact) mass is 260 g/mol. The topological polar surface area (TPSA) is 45.2 Å². The van der Waals surface area contributed by atoms with E-state index in [0.29, 0.717) is 11.3 Å². The van der Waals surface area contributed by atoms with E-state index < -0.39 is 0 Å². The quantitative estimate of drug-likeness (QED) is 0.859. The SMILES string of the molecule is OC(c1ccncc1)C1CCC2(CCNCC2)CC1. The second kappa shape index (κ2) is 5.59. The molecule has 1 aromatic heterocycles. The summed E-state index contributed by atoms with van der Waals surface area (Å²) in [6.07, 6.45) is 10.8. The van der Waals surface area contributed by atoms with Crippen LogP contribution in [0.1, 0.15) is 50.2 Å². The standard InChI is InChI=1S/C16H24N2O/c19-15(14-3-9-17-10-4-14)13-1-5-16(6-2-13)7-11-18-12-8-16/h3-4,9-10,13,15,18-19H,1-2,5-8,11-12H2. The van der Waals surface area contributed by atoms with Gasteiger partial charge in [0.25, 0.3) is 0 Å². The van der Waals surface area contributed by atoms with Gasteiger partial charge in [-0.25, -0.2) is 0 Å². The fraction of sp³-hybridized carbons (Fsp3) is 0.688. The van der Waals surface area contributed by atoms with Crippen LogP contribution in [0.15, 0.2) is 24.5 Å². The highest BCUT2D eigenvalue weighted by atomic mass is 16.3.